The van der Waals surface area contributed by atoms with Gasteiger partial charge >= 0.3 is 12.0 Å². The highest BCUT2D eigenvalue weighted by Gasteiger charge is 2.09. The molecular formula is C22H28Cl2N8O2. The zero-order valence-corrected chi connectivity index (χ0v) is 20.7. The van der Waals surface area contributed by atoms with Gasteiger partial charge in [-0.2, -0.15) is 29.9 Å². The van der Waals surface area contributed by atoms with Crippen LogP contribution in [0.4, 0.5) is 11.9 Å². The highest BCUT2D eigenvalue weighted by Crippen LogP contribution is 2.16. The molecule has 0 spiro atoms. The van der Waals surface area contributed by atoms with E-state index in [0.717, 1.165) is 49.9 Å². The Morgan fingerprint density at radius 3 is 1.62 bits per heavy atom. The van der Waals surface area contributed by atoms with Crippen LogP contribution in [0, 0.1) is 0 Å². The van der Waals surface area contributed by atoms with Crippen LogP contribution in [0.2, 0.25) is 10.6 Å². The fourth-order valence-corrected chi connectivity index (χ4v) is 3.11. The van der Waals surface area contributed by atoms with Gasteiger partial charge in [0, 0.05) is 13.1 Å². The molecular weight excluding hydrogens is 479 g/mol. The van der Waals surface area contributed by atoms with Crippen LogP contribution in [0.15, 0.2) is 24.3 Å². The van der Waals surface area contributed by atoms with E-state index in [1.807, 2.05) is 24.3 Å². The largest absolute Gasteiger partial charge is 0.458 e. The van der Waals surface area contributed by atoms with Crippen molar-refractivity contribution in [2.45, 2.75) is 52.7 Å². The molecule has 0 saturated heterocycles. The zero-order valence-electron chi connectivity index (χ0n) is 19.2. The molecule has 2 aromatic heterocycles. The molecule has 3 rings (SSSR count). The lowest BCUT2D eigenvalue weighted by Gasteiger charge is -2.10. The maximum Gasteiger partial charge on any atom is 0.322 e. The predicted octanol–water partition coefficient (Wildman–Crippen LogP) is 4.95. The van der Waals surface area contributed by atoms with Gasteiger partial charge in [0.15, 0.2) is 0 Å². The summed E-state index contributed by atoms with van der Waals surface area (Å²) in [6.07, 6.45) is 4.13. The van der Waals surface area contributed by atoms with Crippen LogP contribution in [-0.2, 0) is 13.2 Å². The van der Waals surface area contributed by atoms with Crippen molar-refractivity contribution in [1.29, 1.82) is 0 Å². The number of ether oxygens (including phenoxy) is 2. The lowest BCUT2D eigenvalue weighted by molar-refractivity contribution is 0.274. The standard InChI is InChI=1S/C22H28Cl2N8O2/c1-3-5-10-25-19-27-17(23)29-21(31-19)33-13-15-8-7-9-16(12-15)14-34-22-30-18(24)28-20(32-22)26-11-6-4-2/h7-9,12H,3-6,10-11,13-14H2,1-2H3,(H,25,27,29,31)(H,26,28,30,32). The molecule has 0 unspecified atom stereocenters. The van der Waals surface area contributed by atoms with Gasteiger partial charge in [-0.15, -0.1) is 0 Å². The summed E-state index contributed by atoms with van der Waals surface area (Å²) in [4.78, 5) is 24.7. The van der Waals surface area contributed by atoms with Gasteiger partial charge in [0.25, 0.3) is 0 Å². The minimum absolute atomic E-state index is 0.0747. The summed E-state index contributed by atoms with van der Waals surface area (Å²) in [6.45, 7) is 6.23. The molecule has 2 heterocycles. The van der Waals surface area contributed by atoms with Crippen molar-refractivity contribution in [2.24, 2.45) is 0 Å². The molecule has 0 saturated carbocycles. The minimum atomic E-state index is 0.0747. The van der Waals surface area contributed by atoms with Crippen molar-refractivity contribution >= 4 is 35.1 Å². The number of hydrogen-bond donors (Lipinski definition) is 2. The number of hydrogen-bond acceptors (Lipinski definition) is 10. The molecule has 0 aliphatic heterocycles. The van der Waals surface area contributed by atoms with Gasteiger partial charge in [-0.25, -0.2) is 0 Å². The summed E-state index contributed by atoms with van der Waals surface area (Å²) in [6, 6.07) is 8.04. The average Bonchev–Trinajstić information content (AvgIpc) is 2.82. The van der Waals surface area contributed by atoms with Crippen LogP contribution >= 0.6 is 23.2 Å². The number of benzene rings is 1. The monoisotopic (exact) mass is 506 g/mol. The normalized spacial score (nSPS) is 10.7. The van der Waals surface area contributed by atoms with E-state index >= 15 is 0 Å². The lowest BCUT2D eigenvalue weighted by Crippen LogP contribution is -2.09. The maximum absolute atomic E-state index is 6.00. The number of aromatic nitrogens is 6. The summed E-state index contributed by atoms with van der Waals surface area (Å²) in [7, 11) is 0. The summed E-state index contributed by atoms with van der Waals surface area (Å²) in [5, 5.41) is 6.38. The Hall–Kier alpha value is -2.98. The Labute approximate surface area is 208 Å². The first-order valence-corrected chi connectivity index (χ1v) is 12.0. The maximum atomic E-state index is 6.00. The zero-order chi connectivity index (χ0) is 24.2. The third-order valence-electron chi connectivity index (χ3n) is 4.53. The second kappa shape index (κ2) is 13.7. The first-order valence-electron chi connectivity index (χ1n) is 11.2. The van der Waals surface area contributed by atoms with E-state index in [-0.39, 0.29) is 35.8 Å². The predicted molar refractivity (Wildman–Crippen MR) is 132 cm³/mol. The Balaban J connectivity index is 1.56. The Bertz CT molecular complexity index is 978. The number of nitrogens with one attached hydrogen (secondary N) is 2. The molecule has 0 aliphatic carbocycles. The molecule has 12 heteroatoms. The van der Waals surface area contributed by atoms with Crippen molar-refractivity contribution in [2.75, 3.05) is 23.7 Å². The molecule has 2 N–H and O–H groups in total. The Kier molecular flexibility index (Phi) is 10.3. The summed E-state index contributed by atoms with van der Waals surface area (Å²) < 4.78 is 11.5. The van der Waals surface area contributed by atoms with Crippen LogP contribution < -0.4 is 20.1 Å². The van der Waals surface area contributed by atoms with Gasteiger partial charge in [0.1, 0.15) is 13.2 Å². The quantitative estimate of drug-likeness (QED) is 0.290. The van der Waals surface area contributed by atoms with Crippen LogP contribution in [-0.4, -0.2) is 43.0 Å². The van der Waals surface area contributed by atoms with Crippen molar-refractivity contribution in [3.05, 3.63) is 46.0 Å². The van der Waals surface area contributed by atoms with Gasteiger partial charge in [0.2, 0.25) is 22.5 Å². The topological polar surface area (TPSA) is 120 Å². The number of unbranched alkanes of at least 4 members (excludes halogenated alkanes) is 2. The first kappa shape index (κ1) is 25.6. The molecule has 0 atom stereocenters. The number of rotatable bonds is 14. The van der Waals surface area contributed by atoms with Crippen molar-refractivity contribution in [3.8, 4) is 12.0 Å². The van der Waals surface area contributed by atoms with Gasteiger partial charge in [0.05, 0.1) is 0 Å². The van der Waals surface area contributed by atoms with E-state index in [1.54, 1.807) is 0 Å². The molecule has 3 aromatic rings. The smallest absolute Gasteiger partial charge is 0.322 e. The minimum Gasteiger partial charge on any atom is -0.458 e. The van der Waals surface area contributed by atoms with Crippen LogP contribution in [0.1, 0.15) is 50.7 Å². The average molecular weight is 507 g/mol. The second-order valence-electron chi connectivity index (χ2n) is 7.38. The molecule has 0 amide bonds. The van der Waals surface area contributed by atoms with Gasteiger partial charge < -0.3 is 20.1 Å². The van der Waals surface area contributed by atoms with Crippen LogP contribution in [0.5, 0.6) is 12.0 Å². The van der Waals surface area contributed by atoms with Crippen molar-refractivity contribution in [1.82, 2.24) is 29.9 Å². The Morgan fingerprint density at radius 2 is 1.18 bits per heavy atom. The van der Waals surface area contributed by atoms with Crippen LogP contribution in [0.3, 0.4) is 0 Å². The van der Waals surface area contributed by atoms with Crippen molar-refractivity contribution < 1.29 is 9.47 Å². The molecule has 34 heavy (non-hydrogen) atoms. The fourth-order valence-electron chi connectivity index (χ4n) is 2.81. The number of nitrogens with zero attached hydrogens (tertiary/aromatic N) is 6. The van der Waals surface area contributed by atoms with Gasteiger partial charge in [-0.05, 0) is 53.2 Å². The number of anilines is 2. The summed E-state index contributed by atoms with van der Waals surface area (Å²) in [5.74, 6) is 0.787. The summed E-state index contributed by atoms with van der Waals surface area (Å²) in [5.41, 5.74) is 1.82. The first-order chi connectivity index (χ1) is 16.6. The van der Waals surface area contributed by atoms with E-state index < -0.39 is 0 Å². The molecule has 1 aromatic carbocycles. The highest BCUT2D eigenvalue weighted by molar-refractivity contribution is 6.28. The Morgan fingerprint density at radius 1 is 0.706 bits per heavy atom. The summed E-state index contributed by atoms with van der Waals surface area (Å²) >= 11 is 12.0. The highest BCUT2D eigenvalue weighted by atomic mass is 35.5. The van der Waals surface area contributed by atoms with E-state index in [9.17, 15) is 0 Å². The van der Waals surface area contributed by atoms with Crippen molar-refractivity contribution in [3.63, 3.8) is 0 Å². The third kappa shape index (κ3) is 8.75. The van der Waals surface area contributed by atoms with E-state index in [4.69, 9.17) is 32.7 Å². The second-order valence-corrected chi connectivity index (χ2v) is 8.06. The third-order valence-corrected chi connectivity index (χ3v) is 4.87. The molecule has 0 radical (unpaired) electrons. The fraction of sp³-hybridized carbons (Fsp3) is 0.455. The lowest BCUT2D eigenvalue weighted by atomic mass is 10.1. The van der Waals surface area contributed by atoms with E-state index in [1.165, 1.54) is 0 Å². The van der Waals surface area contributed by atoms with Gasteiger partial charge in [-0.1, -0.05) is 44.9 Å². The molecule has 0 fully saturated rings. The van der Waals surface area contributed by atoms with Crippen LogP contribution in [0.25, 0.3) is 0 Å². The molecule has 10 nitrogen and oxygen atoms in total. The van der Waals surface area contributed by atoms with E-state index in [2.05, 4.69) is 54.4 Å². The van der Waals surface area contributed by atoms with Gasteiger partial charge in [-0.3, -0.25) is 0 Å². The SMILES string of the molecule is CCCCNc1nc(Cl)nc(OCc2cccc(COc3nc(Cl)nc(NCCCC)n3)c2)n1. The number of halogens is 2. The molecule has 0 aliphatic rings. The molecule has 182 valence electrons. The molecule has 0 bridgehead atoms. The van der Waals surface area contributed by atoms with E-state index in [0.29, 0.717) is 11.9 Å².